The largest absolute Gasteiger partial charge is 0.324 e. The Morgan fingerprint density at radius 3 is 2.06 bits per heavy atom. The van der Waals surface area contributed by atoms with Crippen molar-refractivity contribution in [3.8, 4) is 0 Å². The molecule has 2 nitrogen and oxygen atoms in total. The molecule has 1 rings (SSSR count). The zero-order chi connectivity index (χ0) is 12.2. The quantitative estimate of drug-likeness (QED) is 0.723. The van der Waals surface area contributed by atoms with Crippen LogP contribution in [0.3, 0.4) is 0 Å². The van der Waals surface area contributed by atoms with E-state index < -0.39 is 0 Å². The minimum Gasteiger partial charge on any atom is -0.324 e. The standard InChI is InChI=1S/C14H30N2/c1-5-13(6-2)16(10-12(3)4)11-14(15)8-7-9-14/h12-13H,5-11,15H2,1-4H3. The first-order valence-electron chi connectivity index (χ1n) is 7.03. The Balaban J connectivity index is 2.55. The zero-order valence-electron chi connectivity index (χ0n) is 11.6. The summed E-state index contributed by atoms with van der Waals surface area (Å²) >= 11 is 0. The van der Waals surface area contributed by atoms with Crippen molar-refractivity contribution in [3.63, 3.8) is 0 Å². The predicted molar refractivity (Wildman–Crippen MR) is 71.6 cm³/mol. The van der Waals surface area contributed by atoms with Gasteiger partial charge in [0.05, 0.1) is 0 Å². The van der Waals surface area contributed by atoms with E-state index in [1.165, 1.54) is 38.6 Å². The van der Waals surface area contributed by atoms with Crippen molar-refractivity contribution in [3.05, 3.63) is 0 Å². The summed E-state index contributed by atoms with van der Waals surface area (Å²) in [6.45, 7) is 11.5. The number of nitrogens with two attached hydrogens (primary N) is 1. The number of nitrogens with zero attached hydrogens (tertiary/aromatic N) is 1. The Kier molecular flexibility index (Phi) is 5.26. The third kappa shape index (κ3) is 3.74. The van der Waals surface area contributed by atoms with Crippen molar-refractivity contribution < 1.29 is 0 Å². The molecule has 1 fully saturated rings. The van der Waals surface area contributed by atoms with Gasteiger partial charge in [-0.2, -0.15) is 0 Å². The van der Waals surface area contributed by atoms with E-state index in [0.29, 0.717) is 0 Å². The van der Waals surface area contributed by atoms with Crippen LogP contribution in [0.4, 0.5) is 0 Å². The van der Waals surface area contributed by atoms with Gasteiger partial charge in [0.15, 0.2) is 0 Å². The predicted octanol–water partition coefficient (Wildman–Crippen LogP) is 3.01. The van der Waals surface area contributed by atoms with Crippen LogP contribution in [-0.2, 0) is 0 Å². The van der Waals surface area contributed by atoms with E-state index in [-0.39, 0.29) is 5.54 Å². The minimum atomic E-state index is 0.136. The molecule has 0 aromatic carbocycles. The number of hydrogen-bond acceptors (Lipinski definition) is 2. The van der Waals surface area contributed by atoms with Gasteiger partial charge >= 0.3 is 0 Å². The molecule has 2 N–H and O–H groups in total. The number of hydrogen-bond donors (Lipinski definition) is 1. The maximum absolute atomic E-state index is 6.38. The fourth-order valence-corrected chi connectivity index (χ4v) is 2.81. The Bertz CT molecular complexity index is 193. The molecule has 0 aromatic rings. The first kappa shape index (κ1) is 14.0. The van der Waals surface area contributed by atoms with Gasteiger partial charge in [0, 0.05) is 24.7 Å². The highest BCUT2D eigenvalue weighted by Gasteiger charge is 2.35. The van der Waals surface area contributed by atoms with Gasteiger partial charge in [-0.1, -0.05) is 27.7 Å². The molecule has 0 bridgehead atoms. The van der Waals surface area contributed by atoms with Gasteiger partial charge in [0.25, 0.3) is 0 Å². The third-order valence-corrected chi connectivity index (χ3v) is 3.93. The van der Waals surface area contributed by atoms with Crippen LogP contribution in [0.1, 0.15) is 59.8 Å². The van der Waals surface area contributed by atoms with E-state index in [1.54, 1.807) is 0 Å². The molecule has 0 radical (unpaired) electrons. The van der Waals surface area contributed by atoms with Crippen LogP contribution >= 0.6 is 0 Å². The fraction of sp³-hybridized carbons (Fsp3) is 1.00. The van der Waals surface area contributed by atoms with Crippen LogP contribution in [0.25, 0.3) is 0 Å². The monoisotopic (exact) mass is 226 g/mol. The lowest BCUT2D eigenvalue weighted by molar-refractivity contribution is 0.0927. The smallest absolute Gasteiger partial charge is 0.0283 e. The molecule has 0 heterocycles. The third-order valence-electron chi connectivity index (χ3n) is 3.93. The normalized spacial score (nSPS) is 19.5. The van der Waals surface area contributed by atoms with Gasteiger partial charge in [0.1, 0.15) is 0 Å². The van der Waals surface area contributed by atoms with E-state index in [9.17, 15) is 0 Å². The second-order valence-electron chi connectivity index (χ2n) is 6.01. The van der Waals surface area contributed by atoms with Gasteiger partial charge in [-0.25, -0.2) is 0 Å². The van der Waals surface area contributed by atoms with Gasteiger partial charge in [0.2, 0.25) is 0 Å². The van der Waals surface area contributed by atoms with E-state index >= 15 is 0 Å². The summed E-state index contributed by atoms with van der Waals surface area (Å²) in [5.41, 5.74) is 6.52. The zero-order valence-corrected chi connectivity index (χ0v) is 11.6. The molecule has 0 atom stereocenters. The summed E-state index contributed by atoms with van der Waals surface area (Å²) in [5.74, 6) is 0.740. The minimum absolute atomic E-state index is 0.136. The van der Waals surface area contributed by atoms with Crippen LogP contribution < -0.4 is 5.73 Å². The highest BCUT2D eigenvalue weighted by atomic mass is 15.2. The molecule has 1 saturated carbocycles. The van der Waals surface area contributed by atoms with Gasteiger partial charge in [-0.15, -0.1) is 0 Å². The Hall–Kier alpha value is -0.0800. The molecule has 0 spiro atoms. The van der Waals surface area contributed by atoms with Gasteiger partial charge in [-0.3, -0.25) is 4.90 Å². The van der Waals surface area contributed by atoms with E-state index in [2.05, 4.69) is 32.6 Å². The van der Waals surface area contributed by atoms with E-state index in [1.807, 2.05) is 0 Å². The molecule has 1 aliphatic carbocycles. The second-order valence-corrected chi connectivity index (χ2v) is 6.01. The lowest BCUT2D eigenvalue weighted by atomic mass is 9.77. The summed E-state index contributed by atoms with van der Waals surface area (Å²) < 4.78 is 0. The van der Waals surface area contributed by atoms with Crippen molar-refractivity contribution in [2.75, 3.05) is 13.1 Å². The van der Waals surface area contributed by atoms with Gasteiger partial charge in [-0.05, 0) is 38.0 Å². The molecule has 2 heteroatoms. The molecule has 1 aliphatic rings. The summed E-state index contributed by atoms with van der Waals surface area (Å²) in [6.07, 6.45) is 6.27. The lowest BCUT2D eigenvalue weighted by Crippen LogP contribution is -2.57. The Morgan fingerprint density at radius 1 is 1.19 bits per heavy atom. The summed E-state index contributed by atoms with van der Waals surface area (Å²) in [4.78, 5) is 2.64. The fourth-order valence-electron chi connectivity index (χ4n) is 2.81. The molecule has 0 aliphatic heterocycles. The maximum atomic E-state index is 6.38. The molecule has 0 saturated heterocycles. The lowest BCUT2D eigenvalue weighted by Gasteiger charge is -2.44. The molecule has 16 heavy (non-hydrogen) atoms. The average molecular weight is 226 g/mol. The maximum Gasteiger partial charge on any atom is 0.0283 e. The molecule has 0 amide bonds. The van der Waals surface area contributed by atoms with Gasteiger partial charge < -0.3 is 5.73 Å². The Labute approximate surface area is 102 Å². The second kappa shape index (κ2) is 6.02. The molecule has 0 aromatic heterocycles. The van der Waals surface area contributed by atoms with Crippen molar-refractivity contribution in [1.82, 2.24) is 4.90 Å². The average Bonchev–Trinajstić information content (AvgIpc) is 2.16. The van der Waals surface area contributed by atoms with Crippen LogP contribution in [0.5, 0.6) is 0 Å². The van der Waals surface area contributed by atoms with Crippen molar-refractivity contribution in [1.29, 1.82) is 0 Å². The Morgan fingerprint density at radius 2 is 1.75 bits per heavy atom. The first-order chi connectivity index (χ1) is 7.50. The van der Waals surface area contributed by atoms with Crippen molar-refractivity contribution in [2.45, 2.75) is 71.4 Å². The summed E-state index contributed by atoms with van der Waals surface area (Å²) in [6, 6.07) is 0.725. The summed E-state index contributed by atoms with van der Waals surface area (Å²) in [7, 11) is 0. The summed E-state index contributed by atoms with van der Waals surface area (Å²) in [5, 5.41) is 0. The number of rotatable bonds is 7. The topological polar surface area (TPSA) is 29.3 Å². The van der Waals surface area contributed by atoms with Crippen LogP contribution in [0, 0.1) is 5.92 Å². The van der Waals surface area contributed by atoms with Crippen LogP contribution in [0.15, 0.2) is 0 Å². The molecular weight excluding hydrogens is 196 g/mol. The van der Waals surface area contributed by atoms with E-state index in [0.717, 1.165) is 18.5 Å². The molecule has 96 valence electrons. The van der Waals surface area contributed by atoms with E-state index in [4.69, 9.17) is 5.73 Å². The first-order valence-corrected chi connectivity index (χ1v) is 7.03. The SMILES string of the molecule is CCC(CC)N(CC(C)C)CC1(N)CCC1. The molecular formula is C14H30N2. The molecule has 0 unspecified atom stereocenters. The van der Waals surface area contributed by atoms with Crippen molar-refractivity contribution >= 4 is 0 Å². The highest BCUT2D eigenvalue weighted by molar-refractivity contribution is 4.96. The van der Waals surface area contributed by atoms with Crippen LogP contribution in [-0.4, -0.2) is 29.6 Å². The van der Waals surface area contributed by atoms with Crippen LogP contribution in [0.2, 0.25) is 0 Å². The van der Waals surface area contributed by atoms with Crippen molar-refractivity contribution in [2.24, 2.45) is 11.7 Å². The highest BCUT2D eigenvalue weighted by Crippen LogP contribution is 2.31.